The predicted octanol–water partition coefficient (Wildman–Crippen LogP) is 3.26. The van der Waals surface area contributed by atoms with E-state index in [1.54, 1.807) is 37.4 Å². The van der Waals surface area contributed by atoms with Crippen LogP contribution in [0, 0.1) is 5.82 Å². The van der Waals surface area contributed by atoms with Crippen molar-refractivity contribution in [3.8, 4) is 5.75 Å². The number of benzene rings is 2. The van der Waals surface area contributed by atoms with E-state index in [9.17, 15) is 9.50 Å². The number of ether oxygens (including phenoxy) is 1. The monoisotopic (exact) mass is 309 g/mol. The van der Waals surface area contributed by atoms with Gasteiger partial charge in [0.2, 0.25) is 0 Å². The van der Waals surface area contributed by atoms with Crippen LogP contribution in [0.2, 0.25) is 5.02 Å². The number of halogens is 2. The molecule has 2 rings (SSSR count). The van der Waals surface area contributed by atoms with Crippen LogP contribution in [-0.2, 0) is 0 Å². The number of aliphatic hydroxyl groups is 1. The Bertz CT molecular complexity index is 583. The summed E-state index contributed by atoms with van der Waals surface area (Å²) in [5.74, 6) is -0.406. The van der Waals surface area contributed by atoms with Crippen molar-refractivity contribution < 1.29 is 14.2 Å². The number of methoxy groups -OCH3 is 1. The van der Waals surface area contributed by atoms with Crippen molar-refractivity contribution in [3.05, 3.63) is 64.4 Å². The molecule has 21 heavy (non-hydrogen) atoms. The SMILES string of the molecule is COc1ccc(C(O)C(CN)c2c(F)cccc2Cl)cc1. The van der Waals surface area contributed by atoms with E-state index in [1.807, 2.05) is 0 Å². The average Bonchev–Trinajstić information content (AvgIpc) is 2.50. The van der Waals surface area contributed by atoms with Crippen molar-refractivity contribution in [3.63, 3.8) is 0 Å². The van der Waals surface area contributed by atoms with E-state index in [0.717, 1.165) is 0 Å². The maximum Gasteiger partial charge on any atom is 0.128 e. The topological polar surface area (TPSA) is 55.5 Å². The lowest BCUT2D eigenvalue weighted by Gasteiger charge is -2.23. The normalized spacial score (nSPS) is 13.8. The van der Waals surface area contributed by atoms with Gasteiger partial charge in [-0.25, -0.2) is 4.39 Å². The Labute approximate surface area is 128 Å². The first kappa shape index (κ1) is 15.8. The number of hydrogen-bond acceptors (Lipinski definition) is 3. The van der Waals surface area contributed by atoms with Crippen LogP contribution < -0.4 is 10.5 Å². The molecule has 0 amide bonds. The molecule has 0 aliphatic carbocycles. The van der Waals surface area contributed by atoms with Gasteiger partial charge in [-0.3, -0.25) is 0 Å². The Morgan fingerprint density at radius 1 is 1.24 bits per heavy atom. The van der Waals surface area contributed by atoms with Gasteiger partial charge in [-0.1, -0.05) is 29.8 Å². The molecular formula is C16H17ClFNO2. The quantitative estimate of drug-likeness (QED) is 0.891. The van der Waals surface area contributed by atoms with Gasteiger partial charge < -0.3 is 15.6 Å². The molecule has 2 unspecified atom stereocenters. The molecule has 2 aromatic carbocycles. The first-order valence-electron chi connectivity index (χ1n) is 6.54. The molecule has 0 bridgehead atoms. The third-order valence-electron chi connectivity index (χ3n) is 3.46. The average molecular weight is 310 g/mol. The van der Waals surface area contributed by atoms with Crippen molar-refractivity contribution in [2.45, 2.75) is 12.0 Å². The lowest BCUT2D eigenvalue weighted by atomic mass is 9.88. The maximum atomic E-state index is 14.0. The molecule has 112 valence electrons. The molecule has 0 aliphatic heterocycles. The fourth-order valence-electron chi connectivity index (χ4n) is 2.30. The van der Waals surface area contributed by atoms with Crippen LogP contribution in [0.25, 0.3) is 0 Å². The molecule has 0 aliphatic rings. The standard InChI is InChI=1S/C16H17ClFNO2/c1-21-11-7-5-10(6-8-11)16(20)12(9-19)15-13(17)3-2-4-14(15)18/h2-8,12,16,20H,9,19H2,1H3. The van der Waals surface area contributed by atoms with Gasteiger partial charge in [-0.15, -0.1) is 0 Å². The van der Waals surface area contributed by atoms with E-state index < -0.39 is 17.8 Å². The van der Waals surface area contributed by atoms with Gasteiger partial charge in [0.25, 0.3) is 0 Å². The maximum absolute atomic E-state index is 14.0. The first-order chi connectivity index (χ1) is 10.1. The lowest BCUT2D eigenvalue weighted by molar-refractivity contribution is 0.145. The molecule has 2 atom stereocenters. The fourth-order valence-corrected chi connectivity index (χ4v) is 2.61. The zero-order valence-corrected chi connectivity index (χ0v) is 12.3. The number of hydrogen-bond donors (Lipinski definition) is 2. The highest BCUT2D eigenvalue weighted by molar-refractivity contribution is 6.31. The molecule has 0 spiro atoms. The van der Waals surface area contributed by atoms with E-state index >= 15 is 0 Å². The van der Waals surface area contributed by atoms with Crippen LogP contribution in [-0.4, -0.2) is 18.8 Å². The summed E-state index contributed by atoms with van der Waals surface area (Å²) in [6.07, 6.45) is -0.949. The van der Waals surface area contributed by atoms with Crippen LogP contribution in [0.4, 0.5) is 4.39 Å². The molecule has 0 saturated heterocycles. The summed E-state index contributed by atoms with van der Waals surface area (Å²) in [6, 6.07) is 11.3. The highest BCUT2D eigenvalue weighted by Gasteiger charge is 2.26. The second-order valence-corrected chi connectivity index (χ2v) is 5.10. The fraction of sp³-hybridized carbons (Fsp3) is 0.250. The van der Waals surface area contributed by atoms with Crippen molar-refractivity contribution in [2.75, 3.05) is 13.7 Å². The van der Waals surface area contributed by atoms with Gasteiger partial charge >= 0.3 is 0 Å². The minimum Gasteiger partial charge on any atom is -0.497 e. The molecule has 0 saturated carbocycles. The first-order valence-corrected chi connectivity index (χ1v) is 6.92. The summed E-state index contributed by atoms with van der Waals surface area (Å²) in [4.78, 5) is 0. The summed E-state index contributed by atoms with van der Waals surface area (Å²) in [6.45, 7) is 0.0772. The van der Waals surface area contributed by atoms with Gasteiger partial charge in [0, 0.05) is 23.0 Å². The van der Waals surface area contributed by atoms with E-state index in [1.165, 1.54) is 12.1 Å². The predicted molar refractivity (Wildman–Crippen MR) is 81.2 cm³/mol. The molecule has 0 aromatic heterocycles. The van der Waals surface area contributed by atoms with Crippen LogP contribution in [0.5, 0.6) is 5.75 Å². The van der Waals surface area contributed by atoms with Crippen LogP contribution in [0.15, 0.2) is 42.5 Å². The Balaban J connectivity index is 2.35. The molecule has 0 heterocycles. The Morgan fingerprint density at radius 2 is 1.90 bits per heavy atom. The van der Waals surface area contributed by atoms with Crippen molar-refractivity contribution in [2.24, 2.45) is 5.73 Å². The summed E-state index contributed by atoms with van der Waals surface area (Å²) in [7, 11) is 1.56. The van der Waals surface area contributed by atoms with Gasteiger partial charge in [-0.05, 0) is 29.8 Å². The van der Waals surface area contributed by atoms with Gasteiger partial charge in [0.1, 0.15) is 11.6 Å². The van der Waals surface area contributed by atoms with Crippen molar-refractivity contribution in [1.29, 1.82) is 0 Å². The third-order valence-corrected chi connectivity index (χ3v) is 3.79. The molecule has 3 nitrogen and oxygen atoms in total. The van der Waals surface area contributed by atoms with E-state index in [4.69, 9.17) is 22.1 Å². The smallest absolute Gasteiger partial charge is 0.128 e. The summed E-state index contributed by atoms with van der Waals surface area (Å²) >= 11 is 6.06. The highest BCUT2D eigenvalue weighted by atomic mass is 35.5. The van der Waals surface area contributed by atoms with Crippen LogP contribution in [0.1, 0.15) is 23.1 Å². The van der Waals surface area contributed by atoms with Crippen molar-refractivity contribution >= 4 is 11.6 Å². The lowest BCUT2D eigenvalue weighted by Crippen LogP contribution is -2.21. The van der Waals surface area contributed by atoms with E-state index in [2.05, 4.69) is 0 Å². The Kier molecular flexibility index (Phi) is 5.17. The molecular weight excluding hydrogens is 293 g/mol. The minimum absolute atomic E-state index is 0.0772. The van der Waals surface area contributed by atoms with Gasteiger partial charge in [-0.2, -0.15) is 0 Å². The molecule has 5 heteroatoms. The molecule has 0 radical (unpaired) electrons. The van der Waals surface area contributed by atoms with Gasteiger partial charge in [0.05, 0.1) is 13.2 Å². The van der Waals surface area contributed by atoms with E-state index in [0.29, 0.717) is 11.3 Å². The minimum atomic E-state index is -0.949. The zero-order valence-electron chi connectivity index (χ0n) is 11.6. The summed E-state index contributed by atoms with van der Waals surface area (Å²) < 4.78 is 19.1. The summed E-state index contributed by atoms with van der Waals surface area (Å²) in [5, 5.41) is 10.8. The second kappa shape index (κ2) is 6.89. The highest BCUT2D eigenvalue weighted by Crippen LogP contribution is 2.36. The zero-order chi connectivity index (χ0) is 15.4. The van der Waals surface area contributed by atoms with E-state index in [-0.39, 0.29) is 17.1 Å². The number of rotatable bonds is 5. The molecule has 2 aromatic rings. The van der Waals surface area contributed by atoms with Gasteiger partial charge in [0.15, 0.2) is 0 Å². The molecule has 3 N–H and O–H groups in total. The van der Waals surface area contributed by atoms with Crippen LogP contribution in [0.3, 0.4) is 0 Å². The number of nitrogens with two attached hydrogens (primary N) is 1. The summed E-state index contributed by atoms with van der Waals surface area (Å²) in [5.41, 5.74) is 6.60. The van der Waals surface area contributed by atoms with Crippen LogP contribution >= 0.6 is 11.6 Å². The van der Waals surface area contributed by atoms with Crippen molar-refractivity contribution in [1.82, 2.24) is 0 Å². The second-order valence-electron chi connectivity index (χ2n) is 4.70. The third kappa shape index (κ3) is 3.35. The Morgan fingerprint density at radius 3 is 2.43 bits per heavy atom. The Hall–Kier alpha value is -1.62. The number of aliphatic hydroxyl groups excluding tert-OH is 1. The molecule has 0 fully saturated rings. The largest absolute Gasteiger partial charge is 0.497 e.